The number of rotatable bonds is 5. The summed E-state index contributed by atoms with van der Waals surface area (Å²) in [6.45, 7) is 2.62. The minimum absolute atomic E-state index is 0.171. The first kappa shape index (κ1) is 13.3. The number of carbonyl (C=O) groups excluding carboxylic acids is 1. The van der Waals surface area contributed by atoms with E-state index in [1.165, 1.54) is 0 Å². The number of carbonyl (C=O) groups is 1. The van der Waals surface area contributed by atoms with Gasteiger partial charge in [0.25, 0.3) is 5.91 Å². The van der Waals surface area contributed by atoms with E-state index in [2.05, 4.69) is 10.3 Å². The van der Waals surface area contributed by atoms with Gasteiger partial charge in [0, 0.05) is 31.0 Å². The Balaban J connectivity index is 1.96. The number of nitrogens with one attached hydrogen (secondary N) is 1. The van der Waals surface area contributed by atoms with Gasteiger partial charge >= 0.3 is 0 Å². The highest BCUT2D eigenvalue weighted by Crippen LogP contribution is 2.06. The van der Waals surface area contributed by atoms with Crippen molar-refractivity contribution in [2.45, 2.75) is 19.6 Å². The van der Waals surface area contributed by atoms with Crippen LogP contribution in [0, 0.1) is 0 Å². The van der Waals surface area contributed by atoms with Gasteiger partial charge in [0.15, 0.2) is 0 Å². The third-order valence-corrected chi connectivity index (χ3v) is 2.70. The molecule has 19 heavy (non-hydrogen) atoms. The molecule has 0 aliphatic rings. The smallest absolute Gasteiger partial charge is 0.251 e. The van der Waals surface area contributed by atoms with Crippen molar-refractivity contribution in [1.29, 1.82) is 0 Å². The Kier molecular flexibility index (Phi) is 4.30. The SMILES string of the molecule is CC(O)CNC(=O)c1ccc(Cn2ccnc2)cc1. The fourth-order valence-electron chi connectivity index (χ4n) is 1.70. The van der Waals surface area contributed by atoms with Gasteiger partial charge < -0.3 is 15.0 Å². The Labute approximate surface area is 111 Å². The molecule has 1 aromatic carbocycles. The molecule has 5 nitrogen and oxygen atoms in total. The standard InChI is InChI=1S/C14H17N3O2/c1-11(18)8-16-14(19)13-4-2-12(3-5-13)9-17-7-6-15-10-17/h2-7,10-11,18H,8-9H2,1H3,(H,16,19). The molecule has 2 N–H and O–H groups in total. The second kappa shape index (κ2) is 6.15. The van der Waals surface area contributed by atoms with E-state index in [0.29, 0.717) is 5.56 Å². The van der Waals surface area contributed by atoms with Crippen molar-refractivity contribution < 1.29 is 9.90 Å². The lowest BCUT2D eigenvalue weighted by Crippen LogP contribution is -2.30. The highest BCUT2D eigenvalue weighted by molar-refractivity contribution is 5.94. The van der Waals surface area contributed by atoms with Gasteiger partial charge in [0.05, 0.1) is 12.4 Å². The zero-order valence-electron chi connectivity index (χ0n) is 10.8. The van der Waals surface area contributed by atoms with E-state index < -0.39 is 6.10 Å². The Morgan fingerprint density at radius 2 is 2.16 bits per heavy atom. The maximum atomic E-state index is 11.7. The Hall–Kier alpha value is -2.14. The summed E-state index contributed by atoms with van der Waals surface area (Å²) in [7, 11) is 0. The van der Waals surface area contributed by atoms with Crippen LogP contribution < -0.4 is 5.32 Å². The molecule has 1 amide bonds. The van der Waals surface area contributed by atoms with E-state index in [1.807, 2.05) is 22.9 Å². The lowest BCUT2D eigenvalue weighted by molar-refractivity contribution is 0.0924. The van der Waals surface area contributed by atoms with Crippen LogP contribution in [0.25, 0.3) is 0 Å². The fraction of sp³-hybridized carbons (Fsp3) is 0.286. The number of aliphatic hydroxyl groups is 1. The zero-order valence-corrected chi connectivity index (χ0v) is 10.8. The van der Waals surface area contributed by atoms with Crippen LogP contribution in [-0.4, -0.2) is 33.2 Å². The molecule has 1 aromatic heterocycles. The van der Waals surface area contributed by atoms with E-state index >= 15 is 0 Å². The van der Waals surface area contributed by atoms with Crippen LogP contribution in [0.2, 0.25) is 0 Å². The molecule has 100 valence electrons. The van der Waals surface area contributed by atoms with Gasteiger partial charge in [0.2, 0.25) is 0 Å². The average Bonchev–Trinajstić information content (AvgIpc) is 2.89. The molecule has 1 unspecified atom stereocenters. The van der Waals surface area contributed by atoms with Crippen LogP contribution in [0.3, 0.4) is 0 Å². The van der Waals surface area contributed by atoms with Crippen LogP contribution >= 0.6 is 0 Å². The molecule has 2 rings (SSSR count). The zero-order chi connectivity index (χ0) is 13.7. The van der Waals surface area contributed by atoms with Crippen molar-refractivity contribution in [3.05, 3.63) is 54.1 Å². The molecule has 0 aliphatic heterocycles. The number of aromatic nitrogens is 2. The number of nitrogens with zero attached hydrogens (tertiary/aromatic N) is 2. The molecule has 0 saturated heterocycles. The monoisotopic (exact) mass is 259 g/mol. The molecule has 0 aliphatic carbocycles. The minimum atomic E-state index is -0.538. The molecule has 0 spiro atoms. The van der Waals surface area contributed by atoms with Crippen molar-refractivity contribution in [3.63, 3.8) is 0 Å². The van der Waals surface area contributed by atoms with Gasteiger partial charge in [0.1, 0.15) is 0 Å². The molecular formula is C14H17N3O2. The predicted octanol–water partition coefficient (Wildman–Crippen LogP) is 1.04. The van der Waals surface area contributed by atoms with Crippen LogP contribution in [0.15, 0.2) is 43.0 Å². The highest BCUT2D eigenvalue weighted by atomic mass is 16.3. The van der Waals surface area contributed by atoms with Gasteiger partial charge in [-0.25, -0.2) is 4.98 Å². The molecule has 0 fully saturated rings. The summed E-state index contributed by atoms with van der Waals surface area (Å²) < 4.78 is 1.96. The lowest BCUT2D eigenvalue weighted by atomic mass is 10.1. The number of benzene rings is 1. The van der Waals surface area contributed by atoms with Crippen molar-refractivity contribution in [2.24, 2.45) is 0 Å². The van der Waals surface area contributed by atoms with Crippen molar-refractivity contribution in [1.82, 2.24) is 14.9 Å². The summed E-state index contributed by atoms with van der Waals surface area (Å²) in [6, 6.07) is 7.39. The van der Waals surface area contributed by atoms with E-state index in [0.717, 1.165) is 12.1 Å². The van der Waals surface area contributed by atoms with Crippen LogP contribution in [0.4, 0.5) is 0 Å². The maximum absolute atomic E-state index is 11.7. The normalized spacial score (nSPS) is 12.1. The van der Waals surface area contributed by atoms with E-state index in [1.54, 1.807) is 31.6 Å². The number of hydrogen-bond acceptors (Lipinski definition) is 3. The van der Waals surface area contributed by atoms with Crippen molar-refractivity contribution >= 4 is 5.91 Å². The summed E-state index contributed by atoms with van der Waals surface area (Å²) in [4.78, 5) is 15.7. The Bertz CT molecular complexity index is 518. The number of aliphatic hydroxyl groups excluding tert-OH is 1. The Morgan fingerprint density at radius 3 is 2.74 bits per heavy atom. The summed E-state index contributed by atoms with van der Waals surface area (Å²) >= 11 is 0. The molecule has 1 atom stereocenters. The van der Waals surface area contributed by atoms with Crippen LogP contribution in [0.1, 0.15) is 22.8 Å². The number of amides is 1. The average molecular weight is 259 g/mol. The van der Waals surface area contributed by atoms with Crippen molar-refractivity contribution in [2.75, 3.05) is 6.54 Å². The second-order valence-corrected chi connectivity index (χ2v) is 4.49. The molecule has 2 aromatic rings. The van der Waals surface area contributed by atoms with E-state index in [-0.39, 0.29) is 12.5 Å². The first-order valence-corrected chi connectivity index (χ1v) is 6.16. The molecule has 0 saturated carbocycles. The highest BCUT2D eigenvalue weighted by Gasteiger charge is 2.06. The summed E-state index contributed by atoms with van der Waals surface area (Å²) in [5, 5.41) is 11.8. The largest absolute Gasteiger partial charge is 0.392 e. The van der Waals surface area contributed by atoms with Crippen molar-refractivity contribution in [3.8, 4) is 0 Å². The summed E-state index contributed by atoms with van der Waals surface area (Å²) in [5.41, 5.74) is 1.69. The summed E-state index contributed by atoms with van der Waals surface area (Å²) in [5.74, 6) is -0.171. The number of imidazole rings is 1. The first-order valence-electron chi connectivity index (χ1n) is 6.16. The van der Waals surface area contributed by atoms with Crippen LogP contribution in [-0.2, 0) is 6.54 Å². The van der Waals surface area contributed by atoms with Crippen LogP contribution in [0.5, 0.6) is 0 Å². The molecule has 5 heteroatoms. The second-order valence-electron chi connectivity index (χ2n) is 4.49. The third kappa shape index (κ3) is 3.93. The van der Waals surface area contributed by atoms with E-state index in [9.17, 15) is 4.79 Å². The third-order valence-electron chi connectivity index (χ3n) is 2.70. The first-order chi connectivity index (χ1) is 9.15. The fourth-order valence-corrected chi connectivity index (χ4v) is 1.70. The van der Waals surface area contributed by atoms with Gasteiger partial charge in [-0.3, -0.25) is 4.79 Å². The van der Waals surface area contributed by atoms with Gasteiger partial charge in [-0.15, -0.1) is 0 Å². The van der Waals surface area contributed by atoms with Gasteiger partial charge in [-0.2, -0.15) is 0 Å². The topological polar surface area (TPSA) is 67.2 Å². The Morgan fingerprint density at radius 1 is 1.42 bits per heavy atom. The number of hydrogen-bond donors (Lipinski definition) is 2. The molecule has 0 bridgehead atoms. The quantitative estimate of drug-likeness (QED) is 0.843. The summed E-state index contributed by atoms with van der Waals surface area (Å²) in [6.07, 6.45) is 4.84. The van der Waals surface area contributed by atoms with Gasteiger partial charge in [-0.05, 0) is 24.6 Å². The minimum Gasteiger partial charge on any atom is -0.392 e. The maximum Gasteiger partial charge on any atom is 0.251 e. The molecular weight excluding hydrogens is 242 g/mol. The molecule has 0 radical (unpaired) electrons. The van der Waals surface area contributed by atoms with Gasteiger partial charge in [-0.1, -0.05) is 12.1 Å². The molecule has 1 heterocycles. The predicted molar refractivity (Wildman–Crippen MR) is 71.8 cm³/mol. The van der Waals surface area contributed by atoms with E-state index in [4.69, 9.17) is 5.11 Å². The lowest BCUT2D eigenvalue weighted by Gasteiger charge is -2.08.